The summed E-state index contributed by atoms with van der Waals surface area (Å²) in [5.41, 5.74) is 3.45. The van der Waals surface area contributed by atoms with Crippen LogP contribution in [0.15, 0.2) is 72.3 Å². The van der Waals surface area contributed by atoms with Gasteiger partial charge in [-0.05, 0) is 66.4 Å². The number of phenolic OH excluding ortho intramolecular Hbond substituents is 1. The zero-order chi connectivity index (χ0) is 24.6. The highest BCUT2D eigenvalue weighted by Gasteiger charge is 2.47. The van der Waals surface area contributed by atoms with E-state index in [-0.39, 0.29) is 23.0 Å². The second-order valence-corrected chi connectivity index (χ2v) is 8.71. The van der Waals surface area contributed by atoms with Gasteiger partial charge < -0.3 is 14.9 Å². The third-order valence-corrected chi connectivity index (χ3v) is 6.09. The van der Waals surface area contributed by atoms with Crippen LogP contribution in [0.25, 0.3) is 5.76 Å². The number of Topliss-reactive ketones (excluding diaryl/α,β-unsaturated/α-hetero) is 1. The van der Waals surface area contributed by atoms with Gasteiger partial charge in [0.15, 0.2) is 0 Å². The average molecular weight is 458 g/mol. The van der Waals surface area contributed by atoms with Gasteiger partial charge in [0.2, 0.25) is 0 Å². The number of rotatable bonds is 5. The Balaban J connectivity index is 1.94. The lowest BCUT2D eigenvalue weighted by molar-refractivity contribution is -0.132. The third kappa shape index (κ3) is 4.03. The van der Waals surface area contributed by atoms with Gasteiger partial charge in [-0.25, -0.2) is 0 Å². The summed E-state index contributed by atoms with van der Waals surface area (Å²) in [6.07, 6.45) is 0. The number of carbonyl (C=O) groups excluding carboxylic acids is 2. The van der Waals surface area contributed by atoms with Crippen molar-refractivity contribution in [3.63, 3.8) is 0 Å². The molecule has 1 saturated heterocycles. The van der Waals surface area contributed by atoms with E-state index in [1.807, 2.05) is 32.9 Å². The summed E-state index contributed by atoms with van der Waals surface area (Å²) < 4.78 is 5.44. The molecule has 174 valence electrons. The summed E-state index contributed by atoms with van der Waals surface area (Å²) in [6, 6.07) is 17.9. The molecule has 3 aromatic carbocycles. The number of hydrogen-bond donors (Lipinski definition) is 2. The van der Waals surface area contributed by atoms with E-state index >= 15 is 0 Å². The van der Waals surface area contributed by atoms with Gasteiger partial charge in [0.25, 0.3) is 11.7 Å². The molecule has 0 bridgehead atoms. The zero-order valence-corrected chi connectivity index (χ0v) is 19.6. The van der Waals surface area contributed by atoms with Gasteiger partial charge in [0.1, 0.15) is 17.3 Å². The van der Waals surface area contributed by atoms with E-state index in [9.17, 15) is 19.8 Å². The molecular formula is C28H27NO5. The normalized spacial score (nSPS) is 17.4. The average Bonchev–Trinajstić information content (AvgIpc) is 3.09. The monoisotopic (exact) mass is 457 g/mol. The van der Waals surface area contributed by atoms with Crippen LogP contribution in [0.4, 0.5) is 5.69 Å². The molecule has 4 rings (SSSR count). The minimum absolute atomic E-state index is 0.00358. The van der Waals surface area contributed by atoms with Crippen LogP contribution in [-0.4, -0.2) is 29.0 Å². The quantitative estimate of drug-likeness (QED) is 0.302. The largest absolute Gasteiger partial charge is 0.508 e. The van der Waals surface area contributed by atoms with Crippen LogP contribution in [0.2, 0.25) is 0 Å². The summed E-state index contributed by atoms with van der Waals surface area (Å²) >= 11 is 0. The standard InChI is InChI=1S/C28H27NO5/c1-16(2)22-15-19(9-14-23(22)34-4)26(31)24-25(18-7-12-21(30)13-8-18)29(28(33)27(24)32)20-10-5-17(3)6-11-20/h5-16,25,30-31H,1-4H3/b26-24-. The lowest BCUT2D eigenvalue weighted by Gasteiger charge is -2.25. The Morgan fingerprint density at radius 2 is 1.62 bits per heavy atom. The molecular weight excluding hydrogens is 430 g/mol. The first-order valence-electron chi connectivity index (χ1n) is 11.1. The van der Waals surface area contributed by atoms with Crippen molar-refractivity contribution in [1.29, 1.82) is 0 Å². The Morgan fingerprint density at radius 1 is 0.971 bits per heavy atom. The number of phenols is 1. The first kappa shape index (κ1) is 23.1. The Hall–Kier alpha value is -4.06. The number of aliphatic hydroxyl groups excluding tert-OH is 1. The first-order valence-corrected chi connectivity index (χ1v) is 11.1. The maximum Gasteiger partial charge on any atom is 0.300 e. The van der Waals surface area contributed by atoms with Gasteiger partial charge in [0.05, 0.1) is 18.7 Å². The van der Waals surface area contributed by atoms with Crippen LogP contribution >= 0.6 is 0 Å². The number of aliphatic hydroxyl groups is 1. The number of aromatic hydroxyl groups is 1. The molecule has 1 aliphatic heterocycles. The number of ketones is 1. The number of nitrogens with zero attached hydrogens (tertiary/aromatic N) is 1. The molecule has 1 heterocycles. The van der Waals surface area contributed by atoms with E-state index in [0.29, 0.717) is 22.6 Å². The molecule has 0 saturated carbocycles. The molecule has 1 aliphatic rings. The highest BCUT2D eigenvalue weighted by molar-refractivity contribution is 6.51. The topological polar surface area (TPSA) is 87.1 Å². The lowest BCUT2D eigenvalue weighted by atomic mass is 9.93. The predicted octanol–water partition coefficient (Wildman–Crippen LogP) is 5.46. The van der Waals surface area contributed by atoms with E-state index in [1.54, 1.807) is 49.6 Å². The van der Waals surface area contributed by atoms with Crippen LogP contribution in [0.3, 0.4) is 0 Å². The summed E-state index contributed by atoms with van der Waals surface area (Å²) in [7, 11) is 1.58. The minimum atomic E-state index is -0.854. The van der Waals surface area contributed by atoms with Crippen LogP contribution in [0.5, 0.6) is 11.5 Å². The van der Waals surface area contributed by atoms with Crippen molar-refractivity contribution in [2.45, 2.75) is 32.7 Å². The van der Waals surface area contributed by atoms with Crippen molar-refractivity contribution in [3.8, 4) is 11.5 Å². The number of aryl methyl sites for hydroxylation is 1. The number of anilines is 1. The molecule has 0 aliphatic carbocycles. The maximum absolute atomic E-state index is 13.3. The summed E-state index contributed by atoms with van der Waals surface area (Å²) in [4.78, 5) is 27.9. The number of benzene rings is 3. The van der Waals surface area contributed by atoms with Gasteiger partial charge in [-0.15, -0.1) is 0 Å². The molecule has 3 aromatic rings. The third-order valence-electron chi connectivity index (χ3n) is 6.09. The summed E-state index contributed by atoms with van der Waals surface area (Å²) in [5, 5.41) is 21.1. The first-order chi connectivity index (χ1) is 16.2. The van der Waals surface area contributed by atoms with E-state index in [2.05, 4.69) is 0 Å². The highest BCUT2D eigenvalue weighted by Crippen LogP contribution is 2.43. The Kier molecular flexibility index (Phi) is 6.16. The molecule has 0 spiro atoms. The molecule has 0 radical (unpaired) electrons. The van der Waals surface area contributed by atoms with Gasteiger partial charge >= 0.3 is 0 Å². The molecule has 2 N–H and O–H groups in total. The van der Waals surface area contributed by atoms with Crippen LogP contribution in [-0.2, 0) is 9.59 Å². The number of amides is 1. The molecule has 34 heavy (non-hydrogen) atoms. The molecule has 6 nitrogen and oxygen atoms in total. The smallest absolute Gasteiger partial charge is 0.300 e. The number of ether oxygens (including phenoxy) is 1. The van der Waals surface area contributed by atoms with Gasteiger partial charge in [-0.3, -0.25) is 14.5 Å². The van der Waals surface area contributed by atoms with Crippen molar-refractivity contribution in [3.05, 3.63) is 94.6 Å². The second-order valence-electron chi connectivity index (χ2n) is 8.71. The fourth-order valence-electron chi connectivity index (χ4n) is 4.26. The number of hydrogen-bond acceptors (Lipinski definition) is 5. The van der Waals surface area contributed by atoms with Gasteiger partial charge in [-0.1, -0.05) is 43.7 Å². The van der Waals surface area contributed by atoms with Gasteiger partial charge in [-0.2, -0.15) is 0 Å². The molecule has 1 amide bonds. The molecule has 0 aromatic heterocycles. The molecule has 1 fully saturated rings. The highest BCUT2D eigenvalue weighted by atomic mass is 16.5. The Morgan fingerprint density at radius 3 is 2.21 bits per heavy atom. The van der Waals surface area contributed by atoms with Crippen molar-refractivity contribution >= 4 is 23.1 Å². The van der Waals surface area contributed by atoms with Crippen LogP contribution in [0, 0.1) is 6.92 Å². The number of methoxy groups -OCH3 is 1. The van der Waals surface area contributed by atoms with Crippen LogP contribution in [0.1, 0.15) is 48.1 Å². The SMILES string of the molecule is COc1ccc(/C(O)=C2/C(=O)C(=O)N(c3ccc(C)cc3)C2c2ccc(O)cc2)cc1C(C)C. The van der Waals surface area contributed by atoms with E-state index in [0.717, 1.165) is 11.1 Å². The van der Waals surface area contributed by atoms with Gasteiger partial charge in [0, 0.05) is 11.3 Å². The molecule has 1 atom stereocenters. The predicted molar refractivity (Wildman–Crippen MR) is 131 cm³/mol. The fraction of sp³-hybridized carbons (Fsp3) is 0.214. The van der Waals surface area contributed by atoms with E-state index in [1.165, 1.54) is 17.0 Å². The maximum atomic E-state index is 13.3. The Labute approximate surface area is 198 Å². The zero-order valence-electron chi connectivity index (χ0n) is 19.6. The number of carbonyl (C=O) groups is 2. The van der Waals surface area contributed by atoms with E-state index in [4.69, 9.17) is 4.74 Å². The summed E-state index contributed by atoms with van der Waals surface area (Å²) in [5.74, 6) is -0.880. The van der Waals surface area contributed by atoms with Crippen molar-refractivity contribution in [1.82, 2.24) is 0 Å². The second kappa shape index (κ2) is 9.06. The van der Waals surface area contributed by atoms with Crippen molar-refractivity contribution in [2.75, 3.05) is 12.0 Å². The summed E-state index contributed by atoms with van der Waals surface area (Å²) in [6.45, 7) is 5.95. The molecule has 1 unspecified atom stereocenters. The fourth-order valence-corrected chi connectivity index (χ4v) is 4.26. The minimum Gasteiger partial charge on any atom is -0.508 e. The van der Waals surface area contributed by atoms with Crippen molar-refractivity contribution in [2.24, 2.45) is 0 Å². The van der Waals surface area contributed by atoms with Crippen molar-refractivity contribution < 1.29 is 24.5 Å². The Bertz CT molecular complexity index is 1270. The van der Waals surface area contributed by atoms with Crippen LogP contribution < -0.4 is 9.64 Å². The van der Waals surface area contributed by atoms with E-state index < -0.39 is 17.7 Å². The molecule has 6 heteroatoms. The lowest BCUT2D eigenvalue weighted by Crippen LogP contribution is -2.29.